The third-order valence-corrected chi connectivity index (χ3v) is 4.51. The van der Waals surface area contributed by atoms with Crippen molar-refractivity contribution in [1.82, 2.24) is 0 Å². The maximum Gasteiger partial charge on any atom is 0.303 e. The Balaban J connectivity index is 1.98. The van der Waals surface area contributed by atoms with E-state index in [1.165, 1.54) is 18.4 Å². The second kappa shape index (κ2) is 11.7. The van der Waals surface area contributed by atoms with Gasteiger partial charge < -0.3 is 15.2 Å². The Hall–Kier alpha value is -3.08. The van der Waals surface area contributed by atoms with Crippen LogP contribution in [0, 0.1) is 0 Å². The highest BCUT2D eigenvalue weighted by molar-refractivity contribution is 6.04. The first-order chi connectivity index (χ1) is 14.0. The minimum Gasteiger partial charge on any atom is -0.491 e. The number of carbonyl (C=O) groups is 2. The molecule has 0 aliphatic rings. The summed E-state index contributed by atoms with van der Waals surface area (Å²) in [7, 11) is 0. The van der Waals surface area contributed by atoms with Crippen LogP contribution in [0.4, 0.5) is 5.69 Å². The number of amides is 1. The van der Waals surface area contributed by atoms with E-state index in [0.29, 0.717) is 17.9 Å². The van der Waals surface area contributed by atoms with Gasteiger partial charge in [-0.3, -0.25) is 9.59 Å². The van der Waals surface area contributed by atoms with Gasteiger partial charge in [0.25, 0.3) is 0 Å². The van der Waals surface area contributed by atoms with Crippen LogP contribution in [0.15, 0.2) is 54.6 Å². The average Bonchev–Trinajstić information content (AvgIpc) is 2.71. The summed E-state index contributed by atoms with van der Waals surface area (Å²) in [5.41, 5.74) is 3.76. The topological polar surface area (TPSA) is 75.6 Å². The third kappa shape index (κ3) is 7.82. The van der Waals surface area contributed by atoms with Gasteiger partial charge in [0.15, 0.2) is 0 Å². The van der Waals surface area contributed by atoms with Crippen molar-refractivity contribution < 1.29 is 19.4 Å². The zero-order chi connectivity index (χ0) is 21.1. The van der Waals surface area contributed by atoms with Crippen LogP contribution in [0.3, 0.4) is 0 Å². The number of carboxylic acids is 1. The maximum absolute atomic E-state index is 12.5. The summed E-state index contributed by atoms with van der Waals surface area (Å²) >= 11 is 0. The van der Waals surface area contributed by atoms with Crippen LogP contribution in [-0.2, 0) is 16.0 Å². The van der Waals surface area contributed by atoms with Crippen molar-refractivity contribution in [3.05, 3.63) is 65.7 Å². The van der Waals surface area contributed by atoms with Gasteiger partial charge in [-0.15, -0.1) is 0 Å². The van der Waals surface area contributed by atoms with Crippen LogP contribution in [-0.4, -0.2) is 23.6 Å². The molecule has 0 unspecified atom stereocenters. The monoisotopic (exact) mass is 395 g/mol. The van der Waals surface area contributed by atoms with E-state index in [-0.39, 0.29) is 18.9 Å². The zero-order valence-corrected chi connectivity index (χ0v) is 17.1. The quantitative estimate of drug-likeness (QED) is 0.399. The Labute approximate surface area is 172 Å². The van der Waals surface area contributed by atoms with E-state index in [1.54, 1.807) is 18.2 Å². The van der Waals surface area contributed by atoms with Crippen molar-refractivity contribution in [2.45, 2.75) is 46.0 Å². The van der Waals surface area contributed by atoms with E-state index < -0.39 is 5.97 Å². The predicted octanol–water partition coefficient (Wildman–Crippen LogP) is 5.31. The SMILES string of the molecule is CCCCc1ccc(/C(C)=C/C(=O)Nc2ccccc2OCCCC(=O)O)cc1. The third-order valence-electron chi connectivity index (χ3n) is 4.51. The Bertz CT molecular complexity index is 840. The fraction of sp³-hybridized carbons (Fsp3) is 0.333. The molecule has 0 fully saturated rings. The molecular formula is C24H29NO4. The first-order valence-corrected chi connectivity index (χ1v) is 10.0. The molecule has 2 N–H and O–H groups in total. The highest BCUT2D eigenvalue weighted by Crippen LogP contribution is 2.24. The Morgan fingerprint density at radius 2 is 1.79 bits per heavy atom. The van der Waals surface area contributed by atoms with E-state index >= 15 is 0 Å². The number of hydrogen-bond donors (Lipinski definition) is 2. The minimum atomic E-state index is -0.853. The van der Waals surface area contributed by atoms with Gasteiger partial charge in [-0.05, 0) is 55.0 Å². The molecule has 0 atom stereocenters. The van der Waals surface area contributed by atoms with E-state index in [0.717, 1.165) is 17.6 Å². The van der Waals surface area contributed by atoms with Crippen LogP contribution < -0.4 is 10.1 Å². The number of nitrogens with one attached hydrogen (secondary N) is 1. The van der Waals surface area contributed by atoms with Crippen LogP contribution in [0.2, 0.25) is 0 Å². The molecule has 2 aromatic carbocycles. The Morgan fingerprint density at radius 1 is 1.07 bits per heavy atom. The van der Waals surface area contributed by atoms with Gasteiger partial charge in [-0.25, -0.2) is 0 Å². The lowest BCUT2D eigenvalue weighted by Gasteiger charge is -2.11. The molecule has 154 valence electrons. The number of para-hydroxylation sites is 2. The summed E-state index contributed by atoms with van der Waals surface area (Å²) in [6.07, 6.45) is 5.45. The maximum atomic E-state index is 12.5. The van der Waals surface area contributed by atoms with Crippen molar-refractivity contribution in [2.24, 2.45) is 0 Å². The van der Waals surface area contributed by atoms with Crippen molar-refractivity contribution in [3.8, 4) is 5.75 Å². The predicted molar refractivity (Wildman–Crippen MR) is 116 cm³/mol. The molecule has 0 saturated heterocycles. The molecule has 0 saturated carbocycles. The molecule has 0 aliphatic carbocycles. The van der Waals surface area contributed by atoms with Gasteiger partial charge in [0, 0.05) is 12.5 Å². The number of aliphatic carboxylic acids is 1. The van der Waals surface area contributed by atoms with Crippen LogP contribution in [0.25, 0.3) is 5.57 Å². The number of carboxylic acid groups (broad SMARTS) is 1. The van der Waals surface area contributed by atoms with Gasteiger partial charge >= 0.3 is 5.97 Å². The fourth-order valence-electron chi connectivity index (χ4n) is 2.87. The summed E-state index contributed by atoms with van der Waals surface area (Å²) in [6.45, 7) is 4.37. The number of benzene rings is 2. The Kier molecular flexibility index (Phi) is 8.96. The number of hydrogen-bond acceptors (Lipinski definition) is 3. The highest BCUT2D eigenvalue weighted by atomic mass is 16.5. The standard InChI is InChI=1S/C24H29NO4/c1-3-4-8-19-12-14-20(15-13-19)18(2)17-23(26)25-21-9-5-6-10-22(21)29-16-7-11-24(27)28/h5-6,9-10,12-15,17H,3-4,7-8,11,16H2,1-2H3,(H,25,26)(H,27,28)/b18-17+. The average molecular weight is 395 g/mol. The molecule has 0 aromatic heterocycles. The molecule has 0 aliphatic heterocycles. The smallest absolute Gasteiger partial charge is 0.303 e. The normalized spacial score (nSPS) is 11.2. The van der Waals surface area contributed by atoms with Crippen molar-refractivity contribution in [1.29, 1.82) is 0 Å². The molecule has 29 heavy (non-hydrogen) atoms. The van der Waals surface area contributed by atoms with Gasteiger partial charge in [0.05, 0.1) is 12.3 Å². The molecule has 0 radical (unpaired) electrons. The molecule has 2 aromatic rings. The molecule has 0 spiro atoms. The second-order valence-electron chi connectivity index (χ2n) is 6.96. The summed E-state index contributed by atoms with van der Waals surface area (Å²) in [4.78, 5) is 23.0. The molecule has 5 heteroatoms. The number of ether oxygens (including phenoxy) is 1. The van der Waals surface area contributed by atoms with Crippen molar-refractivity contribution >= 4 is 23.1 Å². The van der Waals surface area contributed by atoms with Crippen molar-refractivity contribution in [2.75, 3.05) is 11.9 Å². The summed E-state index contributed by atoms with van der Waals surface area (Å²) in [5, 5.41) is 11.5. The number of unbranched alkanes of at least 4 members (excludes halogenated alkanes) is 1. The summed E-state index contributed by atoms with van der Waals surface area (Å²) in [5.74, 6) is -0.564. The highest BCUT2D eigenvalue weighted by Gasteiger charge is 2.07. The molecule has 5 nitrogen and oxygen atoms in total. The largest absolute Gasteiger partial charge is 0.491 e. The van der Waals surface area contributed by atoms with E-state index in [4.69, 9.17) is 9.84 Å². The van der Waals surface area contributed by atoms with Crippen LogP contribution in [0.5, 0.6) is 5.75 Å². The summed E-state index contributed by atoms with van der Waals surface area (Å²) < 4.78 is 5.62. The van der Waals surface area contributed by atoms with Crippen LogP contribution in [0.1, 0.15) is 50.7 Å². The first-order valence-electron chi connectivity index (χ1n) is 10.0. The molecule has 2 rings (SSSR count). The van der Waals surface area contributed by atoms with Crippen LogP contribution >= 0.6 is 0 Å². The fourth-order valence-corrected chi connectivity index (χ4v) is 2.87. The number of allylic oxidation sites excluding steroid dienone is 1. The van der Waals surface area contributed by atoms with Gasteiger partial charge in [0.1, 0.15) is 5.75 Å². The second-order valence-corrected chi connectivity index (χ2v) is 6.96. The molecule has 0 bridgehead atoms. The van der Waals surface area contributed by atoms with E-state index in [1.807, 2.05) is 31.2 Å². The van der Waals surface area contributed by atoms with Gasteiger partial charge in [-0.1, -0.05) is 49.7 Å². The number of carbonyl (C=O) groups excluding carboxylic acids is 1. The molecule has 1 amide bonds. The lowest BCUT2D eigenvalue weighted by molar-refractivity contribution is -0.137. The van der Waals surface area contributed by atoms with Crippen molar-refractivity contribution in [3.63, 3.8) is 0 Å². The molecule has 0 heterocycles. The van der Waals surface area contributed by atoms with E-state index in [9.17, 15) is 9.59 Å². The van der Waals surface area contributed by atoms with E-state index in [2.05, 4.69) is 24.4 Å². The number of anilines is 1. The summed E-state index contributed by atoms with van der Waals surface area (Å²) in [6, 6.07) is 15.4. The lowest BCUT2D eigenvalue weighted by atomic mass is 10.0. The lowest BCUT2D eigenvalue weighted by Crippen LogP contribution is -2.11. The number of rotatable bonds is 11. The van der Waals surface area contributed by atoms with Gasteiger partial charge in [0.2, 0.25) is 5.91 Å². The first kappa shape index (κ1) is 22.2. The molecular weight excluding hydrogens is 366 g/mol. The number of aryl methyl sites for hydroxylation is 1. The minimum absolute atomic E-state index is 0.0493. The Morgan fingerprint density at radius 3 is 2.48 bits per heavy atom. The zero-order valence-electron chi connectivity index (χ0n) is 17.1. The van der Waals surface area contributed by atoms with Gasteiger partial charge in [-0.2, -0.15) is 0 Å².